The molecule has 14 heavy (non-hydrogen) atoms. The molecule has 0 aliphatic carbocycles. The van der Waals surface area contributed by atoms with Crippen LogP contribution in [0.15, 0.2) is 0 Å². The molecule has 84 valence electrons. The molecule has 0 aliphatic heterocycles. The Morgan fingerprint density at radius 3 is 2.43 bits per heavy atom. The summed E-state index contributed by atoms with van der Waals surface area (Å²) in [5, 5.41) is 0. The number of alkyl halides is 3. The van der Waals surface area contributed by atoms with Crippen molar-refractivity contribution in [1.82, 2.24) is 0 Å². The second kappa shape index (κ2) is 5.69. The van der Waals surface area contributed by atoms with E-state index in [4.69, 9.17) is 0 Å². The fraction of sp³-hybridized carbons (Fsp3) is 0.857. The Kier molecular flexibility index (Phi) is 5.29. The number of halogens is 3. The van der Waals surface area contributed by atoms with Crippen molar-refractivity contribution >= 4 is 6.16 Å². The van der Waals surface area contributed by atoms with Gasteiger partial charge in [-0.25, -0.2) is 4.79 Å². The minimum absolute atomic E-state index is 0.0881. The minimum atomic E-state index is -4.44. The first-order chi connectivity index (χ1) is 6.35. The smallest absolute Gasteiger partial charge is 0.435 e. The van der Waals surface area contributed by atoms with Crippen molar-refractivity contribution in [2.45, 2.75) is 26.3 Å². The van der Waals surface area contributed by atoms with Gasteiger partial charge in [0.15, 0.2) is 0 Å². The molecule has 0 aliphatic rings. The van der Waals surface area contributed by atoms with Crippen molar-refractivity contribution in [3.63, 3.8) is 0 Å². The third-order valence-electron chi connectivity index (χ3n) is 1.01. The zero-order chi connectivity index (χ0) is 11.2. The maximum absolute atomic E-state index is 11.6. The van der Waals surface area contributed by atoms with E-state index in [0.717, 1.165) is 0 Å². The molecule has 0 spiro atoms. The van der Waals surface area contributed by atoms with Gasteiger partial charge in [0.25, 0.3) is 0 Å². The van der Waals surface area contributed by atoms with E-state index in [0.29, 0.717) is 0 Å². The number of hydrogen-bond acceptors (Lipinski definition) is 4. The molecule has 0 saturated carbocycles. The molecule has 0 radical (unpaired) electrons. The average molecular weight is 216 g/mol. The molecule has 0 saturated heterocycles. The van der Waals surface area contributed by atoms with E-state index in [2.05, 4.69) is 14.2 Å². The molecule has 0 rings (SSSR count). The number of hydrogen-bond donors (Lipinski definition) is 0. The molecule has 0 fully saturated rings. The van der Waals surface area contributed by atoms with Crippen LogP contribution < -0.4 is 0 Å². The lowest BCUT2D eigenvalue weighted by atomic mass is 10.7. The summed E-state index contributed by atoms with van der Waals surface area (Å²) in [5.74, 6) is 0. The second-order valence-electron chi connectivity index (χ2n) is 2.29. The zero-order valence-corrected chi connectivity index (χ0v) is 7.76. The summed E-state index contributed by atoms with van der Waals surface area (Å²) >= 11 is 0. The van der Waals surface area contributed by atoms with Crippen LogP contribution in [-0.4, -0.2) is 31.8 Å². The van der Waals surface area contributed by atoms with Gasteiger partial charge in [-0.2, -0.15) is 13.2 Å². The Balaban J connectivity index is 3.65. The topological polar surface area (TPSA) is 44.8 Å². The van der Waals surface area contributed by atoms with Crippen molar-refractivity contribution in [2.24, 2.45) is 0 Å². The monoisotopic (exact) mass is 216 g/mol. The fourth-order valence-corrected chi connectivity index (χ4v) is 0.533. The van der Waals surface area contributed by atoms with Crippen LogP contribution in [0.4, 0.5) is 18.0 Å². The largest absolute Gasteiger partial charge is 0.510 e. The van der Waals surface area contributed by atoms with Gasteiger partial charge in [-0.15, -0.1) is 0 Å². The number of ether oxygens (including phenoxy) is 3. The summed E-state index contributed by atoms with van der Waals surface area (Å²) < 4.78 is 47.6. The third kappa shape index (κ3) is 7.66. The zero-order valence-electron chi connectivity index (χ0n) is 7.76. The molecular weight excluding hydrogens is 205 g/mol. The van der Waals surface area contributed by atoms with Crippen molar-refractivity contribution in [1.29, 1.82) is 0 Å². The van der Waals surface area contributed by atoms with Crippen LogP contribution in [-0.2, 0) is 14.2 Å². The third-order valence-corrected chi connectivity index (χ3v) is 1.01. The molecule has 4 nitrogen and oxygen atoms in total. The molecule has 1 atom stereocenters. The molecule has 1 unspecified atom stereocenters. The van der Waals surface area contributed by atoms with E-state index in [9.17, 15) is 18.0 Å². The Morgan fingerprint density at radius 1 is 1.43 bits per heavy atom. The fourth-order valence-electron chi connectivity index (χ4n) is 0.533. The summed E-state index contributed by atoms with van der Waals surface area (Å²) in [7, 11) is 0. The van der Waals surface area contributed by atoms with E-state index in [-0.39, 0.29) is 6.61 Å². The SMILES string of the molecule is CCOC(=O)OC(C)OCC(F)(F)F. The van der Waals surface area contributed by atoms with Crippen molar-refractivity contribution < 1.29 is 32.2 Å². The van der Waals surface area contributed by atoms with Gasteiger partial charge in [0.2, 0.25) is 6.29 Å². The van der Waals surface area contributed by atoms with Gasteiger partial charge < -0.3 is 14.2 Å². The standard InChI is InChI=1S/C7H11F3O4/c1-3-12-6(11)14-5(2)13-4-7(8,9)10/h5H,3-4H2,1-2H3. The van der Waals surface area contributed by atoms with Gasteiger partial charge >= 0.3 is 12.3 Å². The maximum atomic E-state index is 11.6. The highest BCUT2D eigenvalue weighted by molar-refractivity contribution is 5.59. The lowest BCUT2D eigenvalue weighted by Crippen LogP contribution is -2.25. The maximum Gasteiger partial charge on any atom is 0.510 e. The van der Waals surface area contributed by atoms with Gasteiger partial charge in [-0.3, -0.25) is 0 Å². The molecule has 0 aromatic carbocycles. The summed E-state index contributed by atoms with van der Waals surface area (Å²) in [6, 6.07) is 0. The van der Waals surface area contributed by atoms with Crippen LogP contribution in [0, 0.1) is 0 Å². The molecule has 0 heterocycles. The van der Waals surface area contributed by atoms with E-state index >= 15 is 0 Å². The van der Waals surface area contributed by atoms with E-state index in [1.165, 1.54) is 6.92 Å². The van der Waals surface area contributed by atoms with Gasteiger partial charge in [-0.1, -0.05) is 0 Å². The highest BCUT2D eigenvalue weighted by Gasteiger charge is 2.29. The van der Waals surface area contributed by atoms with Gasteiger partial charge in [-0.05, 0) is 13.8 Å². The molecule has 0 bridgehead atoms. The molecule has 0 aromatic heterocycles. The highest BCUT2D eigenvalue weighted by atomic mass is 19.4. The predicted octanol–water partition coefficient (Wildman–Crippen LogP) is 2.08. The van der Waals surface area contributed by atoms with Gasteiger partial charge in [0.1, 0.15) is 6.61 Å². The summed E-state index contributed by atoms with van der Waals surface area (Å²) in [5.41, 5.74) is 0. The van der Waals surface area contributed by atoms with Crippen molar-refractivity contribution in [3.05, 3.63) is 0 Å². The first kappa shape index (κ1) is 13.0. The molecule has 0 aromatic rings. The molecule has 0 N–H and O–H groups in total. The van der Waals surface area contributed by atoms with Crippen molar-refractivity contribution in [2.75, 3.05) is 13.2 Å². The van der Waals surface area contributed by atoms with E-state index in [1.54, 1.807) is 6.92 Å². The van der Waals surface area contributed by atoms with Crippen LogP contribution >= 0.6 is 0 Å². The van der Waals surface area contributed by atoms with Crippen LogP contribution in [0.3, 0.4) is 0 Å². The average Bonchev–Trinajstić information content (AvgIpc) is 2.00. The Labute approximate surface area is 78.9 Å². The molecular formula is C7H11F3O4. The van der Waals surface area contributed by atoms with Crippen LogP contribution in [0.1, 0.15) is 13.8 Å². The van der Waals surface area contributed by atoms with E-state index in [1.807, 2.05) is 0 Å². The lowest BCUT2D eigenvalue weighted by molar-refractivity contribution is -0.215. The highest BCUT2D eigenvalue weighted by Crippen LogP contribution is 2.15. The predicted molar refractivity (Wildman–Crippen MR) is 39.6 cm³/mol. The summed E-state index contributed by atoms with van der Waals surface area (Å²) in [6.07, 6.45) is -6.77. The van der Waals surface area contributed by atoms with Crippen molar-refractivity contribution in [3.8, 4) is 0 Å². The number of carbonyl (C=O) groups is 1. The number of carbonyl (C=O) groups excluding carboxylic acids is 1. The first-order valence-electron chi connectivity index (χ1n) is 3.87. The number of rotatable bonds is 4. The minimum Gasteiger partial charge on any atom is -0.435 e. The first-order valence-corrected chi connectivity index (χ1v) is 3.87. The van der Waals surface area contributed by atoms with Gasteiger partial charge in [0.05, 0.1) is 6.61 Å². The molecule has 0 amide bonds. The summed E-state index contributed by atoms with van der Waals surface area (Å²) in [4.78, 5) is 10.6. The second-order valence-corrected chi connectivity index (χ2v) is 2.29. The van der Waals surface area contributed by atoms with Crippen LogP contribution in [0.25, 0.3) is 0 Å². The summed E-state index contributed by atoms with van der Waals surface area (Å²) in [6.45, 7) is 1.34. The lowest BCUT2D eigenvalue weighted by Gasteiger charge is -2.14. The van der Waals surface area contributed by atoms with Crippen LogP contribution in [0.5, 0.6) is 0 Å². The van der Waals surface area contributed by atoms with Gasteiger partial charge in [0, 0.05) is 0 Å². The Hall–Kier alpha value is -0.980. The molecule has 7 heteroatoms. The Bertz CT molecular complexity index is 180. The quantitative estimate of drug-likeness (QED) is 0.533. The van der Waals surface area contributed by atoms with Crippen LogP contribution in [0.2, 0.25) is 0 Å². The Morgan fingerprint density at radius 2 is 2.00 bits per heavy atom. The van der Waals surface area contributed by atoms with E-state index < -0.39 is 25.2 Å². The normalized spacial score (nSPS) is 13.5.